The maximum Gasteiger partial charge on any atom is 0.353 e. The zero-order chi connectivity index (χ0) is 22.7. The Balaban J connectivity index is 1.77. The van der Waals surface area contributed by atoms with Crippen LogP contribution in [0.1, 0.15) is 16.1 Å². The molecule has 160 valence electrons. The van der Waals surface area contributed by atoms with Crippen molar-refractivity contribution in [1.82, 2.24) is 15.0 Å². The highest BCUT2D eigenvalue weighted by Gasteiger charge is 2.25. The highest BCUT2D eigenvalue weighted by atomic mass is 16.6. The molecule has 0 saturated heterocycles. The first kappa shape index (κ1) is 20.7. The Kier molecular flexibility index (Phi) is 5.58. The van der Waals surface area contributed by atoms with Gasteiger partial charge >= 0.3 is 11.7 Å². The number of methoxy groups -OCH3 is 1. The van der Waals surface area contributed by atoms with Crippen LogP contribution >= 0.6 is 0 Å². The molecule has 2 aromatic carbocycles. The number of nitrogens with one attached hydrogen (secondary N) is 2. The number of fused-ring (bicyclic) bond motifs is 1. The molecule has 0 atom stereocenters. The molecule has 10 nitrogen and oxygen atoms in total. The molecule has 0 aliphatic heterocycles. The van der Waals surface area contributed by atoms with Gasteiger partial charge in [0.1, 0.15) is 6.33 Å². The van der Waals surface area contributed by atoms with Crippen LogP contribution in [0, 0.1) is 17.0 Å². The number of aryl methyl sites for hydroxylation is 1. The molecule has 0 amide bonds. The number of ether oxygens (including phenoxy) is 1. The predicted molar refractivity (Wildman–Crippen MR) is 120 cm³/mol. The lowest BCUT2D eigenvalue weighted by Crippen LogP contribution is -2.09. The molecular weight excluding hydrogens is 412 g/mol. The lowest BCUT2D eigenvalue weighted by atomic mass is 10.1. The smallest absolute Gasteiger partial charge is 0.353 e. The number of anilines is 4. The normalized spacial score (nSPS) is 10.6. The topological polar surface area (TPSA) is 132 Å². The van der Waals surface area contributed by atoms with E-state index in [4.69, 9.17) is 4.74 Å². The molecule has 32 heavy (non-hydrogen) atoms. The molecule has 0 radical (unpaired) electrons. The summed E-state index contributed by atoms with van der Waals surface area (Å²) in [5, 5.41) is 18.7. The average molecular weight is 430 g/mol. The molecule has 0 aliphatic carbocycles. The third-order valence-corrected chi connectivity index (χ3v) is 4.70. The van der Waals surface area contributed by atoms with Gasteiger partial charge in [0, 0.05) is 11.1 Å². The summed E-state index contributed by atoms with van der Waals surface area (Å²) in [6, 6.07) is 15.8. The van der Waals surface area contributed by atoms with Crippen molar-refractivity contribution in [2.45, 2.75) is 6.92 Å². The fraction of sp³-hybridized carbons (Fsp3) is 0.0909. The second-order valence-electron chi connectivity index (χ2n) is 6.79. The Morgan fingerprint density at radius 3 is 2.38 bits per heavy atom. The first-order chi connectivity index (χ1) is 15.5. The van der Waals surface area contributed by atoms with E-state index in [1.807, 2.05) is 31.2 Å². The maximum atomic E-state index is 12.1. The summed E-state index contributed by atoms with van der Waals surface area (Å²) in [6.45, 7) is 1.87. The Hall–Kier alpha value is -4.60. The van der Waals surface area contributed by atoms with Gasteiger partial charge in [0.15, 0.2) is 0 Å². The van der Waals surface area contributed by atoms with E-state index < -0.39 is 10.9 Å². The number of nitrogens with zero attached hydrogens (tertiary/aromatic N) is 4. The summed E-state index contributed by atoms with van der Waals surface area (Å²) in [5.41, 5.74) is 2.18. The maximum absolute atomic E-state index is 12.1. The minimum atomic E-state index is -0.588. The Morgan fingerprint density at radius 2 is 1.66 bits per heavy atom. The summed E-state index contributed by atoms with van der Waals surface area (Å²) in [6.07, 6.45) is 1.20. The van der Waals surface area contributed by atoms with Crippen molar-refractivity contribution in [2.75, 3.05) is 17.7 Å². The van der Waals surface area contributed by atoms with E-state index in [1.54, 1.807) is 30.3 Å². The van der Waals surface area contributed by atoms with Crippen LogP contribution in [0.4, 0.5) is 28.7 Å². The van der Waals surface area contributed by atoms with Gasteiger partial charge in [0.2, 0.25) is 11.6 Å². The summed E-state index contributed by atoms with van der Waals surface area (Å²) in [5.74, 6) is -0.674. The van der Waals surface area contributed by atoms with Gasteiger partial charge in [-0.05, 0) is 31.2 Å². The van der Waals surface area contributed by atoms with Crippen molar-refractivity contribution in [2.24, 2.45) is 0 Å². The summed E-state index contributed by atoms with van der Waals surface area (Å²) in [4.78, 5) is 36.1. The van der Waals surface area contributed by atoms with E-state index in [0.29, 0.717) is 16.9 Å². The van der Waals surface area contributed by atoms with Crippen LogP contribution in [-0.2, 0) is 4.74 Å². The minimum Gasteiger partial charge on any atom is -0.465 e. The van der Waals surface area contributed by atoms with E-state index >= 15 is 0 Å². The van der Waals surface area contributed by atoms with Crippen LogP contribution in [-0.4, -0.2) is 33.0 Å². The Labute approximate surface area is 182 Å². The van der Waals surface area contributed by atoms with Gasteiger partial charge in [-0.2, -0.15) is 0 Å². The van der Waals surface area contributed by atoms with Gasteiger partial charge in [-0.3, -0.25) is 15.1 Å². The van der Waals surface area contributed by atoms with Gasteiger partial charge in [-0.1, -0.05) is 30.3 Å². The Morgan fingerprint density at radius 1 is 0.969 bits per heavy atom. The van der Waals surface area contributed by atoms with Crippen molar-refractivity contribution in [3.63, 3.8) is 0 Å². The van der Waals surface area contributed by atoms with Gasteiger partial charge in [0.05, 0.1) is 34.5 Å². The fourth-order valence-electron chi connectivity index (χ4n) is 3.22. The fourth-order valence-corrected chi connectivity index (χ4v) is 3.22. The van der Waals surface area contributed by atoms with Crippen molar-refractivity contribution in [3.8, 4) is 0 Å². The van der Waals surface area contributed by atoms with Gasteiger partial charge < -0.3 is 15.4 Å². The van der Waals surface area contributed by atoms with Gasteiger partial charge in [-0.25, -0.2) is 14.8 Å². The number of benzene rings is 2. The summed E-state index contributed by atoms with van der Waals surface area (Å²) >= 11 is 0. The van der Waals surface area contributed by atoms with E-state index in [1.165, 1.54) is 13.4 Å². The number of carbonyl (C=O) groups excluding carboxylic acids is 1. The number of carbonyl (C=O) groups is 1. The number of hydrogen-bond donors (Lipinski definition) is 2. The van der Waals surface area contributed by atoms with Crippen LogP contribution in [0.15, 0.2) is 60.9 Å². The molecule has 10 heteroatoms. The molecule has 2 aromatic heterocycles. The van der Waals surface area contributed by atoms with Crippen LogP contribution in [0.2, 0.25) is 0 Å². The molecule has 2 N–H and O–H groups in total. The zero-order valence-corrected chi connectivity index (χ0v) is 17.2. The largest absolute Gasteiger partial charge is 0.465 e. The number of nitro groups is 1. The second-order valence-corrected chi connectivity index (χ2v) is 6.79. The standard InChI is InChI=1S/C22H18N6O4/c1-13-10-11-14-6-5-9-17(18(14)25-13)27-21-19(28(30)31)20(23-12-24-21)26-16-8-4-3-7-15(16)22(29)32-2/h3-12H,1-2H3,(H2,23,24,26,27). The van der Waals surface area contributed by atoms with E-state index in [2.05, 4.69) is 25.6 Å². The van der Waals surface area contributed by atoms with Crippen LogP contribution in [0.3, 0.4) is 0 Å². The lowest BCUT2D eigenvalue weighted by molar-refractivity contribution is -0.383. The predicted octanol–water partition coefficient (Wildman–Crippen LogP) is 4.52. The van der Waals surface area contributed by atoms with Crippen molar-refractivity contribution < 1.29 is 14.5 Å². The number of pyridine rings is 1. The molecular formula is C22H18N6O4. The molecule has 0 fully saturated rings. The van der Waals surface area contributed by atoms with Gasteiger partial charge in [0.25, 0.3) is 0 Å². The van der Waals surface area contributed by atoms with E-state index in [-0.39, 0.29) is 22.9 Å². The molecule has 0 spiro atoms. The monoisotopic (exact) mass is 430 g/mol. The number of hydrogen-bond acceptors (Lipinski definition) is 9. The van der Waals surface area contributed by atoms with Crippen molar-refractivity contribution in [3.05, 3.63) is 82.3 Å². The van der Waals surface area contributed by atoms with Crippen LogP contribution < -0.4 is 10.6 Å². The third kappa shape index (κ3) is 4.01. The first-order valence-electron chi connectivity index (χ1n) is 9.55. The molecule has 4 rings (SSSR count). The molecule has 2 heterocycles. The quantitative estimate of drug-likeness (QED) is 0.257. The first-order valence-corrected chi connectivity index (χ1v) is 9.55. The third-order valence-electron chi connectivity index (χ3n) is 4.70. The molecule has 0 aliphatic rings. The Bertz CT molecular complexity index is 1340. The summed E-state index contributed by atoms with van der Waals surface area (Å²) in [7, 11) is 1.26. The summed E-state index contributed by atoms with van der Waals surface area (Å²) < 4.78 is 4.78. The number of esters is 1. The number of rotatable bonds is 6. The van der Waals surface area contributed by atoms with Crippen molar-refractivity contribution >= 4 is 45.6 Å². The highest BCUT2D eigenvalue weighted by Crippen LogP contribution is 2.35. The second kappa shape index (κ2) is 8.64. The zero-order valence-electron chi connectivity index (χ0n) is 17.2. The molecule has 0 saturated carbocycles. The number of aromatic nitrogens is 3. The van der Waals surface area contributed by atoms with E-state index in [9.17, 15) is 14.9 Å². The number of para-hydroxylation sites is 2. The van der Waals surface area contributed by atoms with Crippen molar-refractivity contribution in [1.29, 1.82) is 0 Å². The minimum absolute atomic E-state index is 0.0149. The van der Waals surface area contributed by atoms with Gasteiger partial charge in [-0.15, -0.1) is 0 Å². The lowest BCUT2D eigenvalue weighted by Gasteiger charge is -2.13. The van der Waals surface area contributed by atoms with Crippen LogP contribution in [0.5, 0.6) is 0 Å². The van der Waals surface area contributed by atoms with E-state index in [0.717, 1.165) is 11.1 Å². The average Bonchev–Trinajstić information content (AvgIpc) is 2.79. The molecule has 0 bridgehead atoms. The van der Waals surface area contributed by atoms with Crippen LogP contribution in [0.25, 0.3) is 10.9 Å². The highest BCUT2D eigenvalue weighted by molar-refractivity contribution is 5.97. The SMILES string of the molecule is COC(=O)c1ccccc1Nc1ncnc(Nc2cccc3ccc(C)nc23)c1[N+](=O)[O-]. The molecule has 4 aromatic rings. The molecule has 0 unspecified atom stereocenters.